The molecule has 0 unspecified atom stereocenters. The Morgan fingerprint density at radius 1 is 1.14 bits per heavy atom. The van der Waals surface area contributed by atoms with E-state index in [0.29, 0.717) is 17.9 Å². The third kappa shape index (κ3) is 10.3. The van der Waals surface area contributed by atoms with Gasteiger partial charge in [0.25, 0.3) is 11.8 Å². The van der Waals surface area contributed by atoms with E-state index in [1.54, 1.807) is 30.4 Å². The van der Waals surface area contributed by atoms with Crippen LogP contribution in [0.5, 0.6) is 11.5 Å². The highest BCUT2D eigenvalue weighted by molar-refractivity contribution is 7.21. The van der Waals surface area contributed by atoms with Crippen LogP contribution in [0.15, 0.2) is 47.5 Å². The van der Waals surface area contributed by atoms with Crippen LogP contribution in [0.4, 0.5) is 0 Å². The zero-order valence-electron chi connectivity index (χ0n) is 23.5. The average Bonchev–Trinajstić information content (AvgIpc) is 3.43. The van der Waals surface area contributed by atoms with E-state index in [1.165, 1.54) is 7.11 Å². The lowest BCUT2D eigenvalue weighted by Crippen LogP contribution is -2.45. The molecule has 0 aliphatic carbocycles. The molecule has 0 saturated heterocycles. The molecule has 0 saturated carbocycles. The van der Waals surface area contributed by atoms with Crippen LogP contribution in [0.25, 0.3) is 20.8 Å². The van der Waals surface area contributed by atoms with Crippen molar-refractivity contribution >= 4 is 45.3 Å². The molecule has 1 aromatic heterocycles. The maximum atomic E-state index is 12.2. The van der Waals surface area contributed by atoms with E-state index >= 15 is 0 Å². The number of thiazole rings is 1. The first-order chi connectivity index (χ1) is 20.7. The SMILES string of the molecule is CCOC(=O)[C@H](CCCNC(N)=NCC(=O)NNC(=O)COc1ccc(-c2nc3ccccc3s2)cc1OC)N[N+](=O)[O-]. The van der Waals surface area contributed by atoms with Gasteiger partial charge in [-0.05, 0) is 50.1 Å². The number of nitro groups is 1. The Morgan fingerprint density at radius 3 is 2.63 bits per heavy atom. The van der Waals surface area contributed by atoms with E-state index in [1.807, 2.05) is 35.8 Å². The van der Waals surface area contributed by atoms with Gasteiger partial charge in [0.15, 0.2) is 35.1 Å². The highest BCUT2D eigenvalue weighted by Crippen LogP contribution is 2.35. The minimum Gasteiger partial charge on any atom is -0.493 e. The van der Waals surface area contributed by atoms with Gasteiger partial charge >= 0.3 is 5.97 Å². The number of benzene rings is 2. The van der Waals surface area contributed by atoms with Crippen LogP contribution in [0, 0.1) is 10.1 Å². The van der Waals surface area contributed by atoms with E-state index in [2.05, 4.69) is 26.1 Å². The zero-order chi connectivity index (χ0) is 31.2. The minimum atomic E-state index is -1.11. The fourth-order valence-electron chi connectivity index (χ4n) is 3.61. The normalized spacial score (nSPS) is 11.7. The van der Waals surface area contributed by atoms with E-state index in [4.69, 9.17) is 19.9 Å². The van der Waals surface area contributed by atoms with Crippen molar-refractivity contribution < 1.29 is 33.6 Å². The first kappa shape index (κ1) is 32.3. The van der Waals surface area contributed by atoms with Gasteiger partial charge in [0, 0.05) is 12.1 Å². The summed E-state index contributed by atoms with van der Waals surface area (Å²) in [6.07, 6.45) is 0.423. The maximum Gasteiger partial charge on any atom is 0.334 e. The summed E-state index contributed by atoms with van der Waals surface area (Å²) in [5.74, 6) is -1.33. The molecule has 0 aliphatic rings. The molecule has 16 nitrogen and oxygen atoms in total. The summed E-state index contributed by atoms with van der Waals surface area (Å²) in [7, 11) is 1.49. The van der Waals surface area contributed by atoms with Gasteiger partial charge in [0.2, 0.25) is 0 Å². The fourth-order valence-corrected chi connectivity index (χ4v) is 4.58. The zero-order valence-corrected chi connectivity index (χ0v) is 24.3. The van der Waals surface area contributed by atoms with Crippen molar-refractivity contribution in [2.75, 3.05) is 33.4 Å². The Hall–Kier alpha value is -5.19. The molecule has 1 heterocycles. The number of hydrazine groups is 2. The van der Waals surface area contributed by atoms with Crippen LogP contribution < -0.4 is 36.8 Å². The first-order valence-electron chi connectivity index (χ1n) is 13.1. The van der Waals surface area contributed by atoms with Crippen molar-refractivity contribution in [1.82, 2.24) is 26.6 Å². The van der Waals surface area contributed by atoms with E-state index in [0.717, 1.165) is 20.8 Å². The van der Waals surface area contributed by atoms with Crippen molar-refractivity contribution in [3.63, 3.8) is 0 Å². The van der Waals surface area contributed by atoms with Crippen LogP contribution in [-0.2, 0) is 19.1 Å². The molecule has 3 aromatic rings. The van der Waals surface area contributed by atoms with Crippen LogP contribution in [0.1, 0.15) is 19.8 Å². The highest BCUT2D eigenvalue weighted by Gasteiger charge is 2.23. The smallest absolute Gasteiger partial charge is 0.334 e. The molecule has 17 heteroatoms. The number of hydrogen-bond donors (Lipinski definition) is 5. The average molecular weight is 617 g/mol. The second kappa shape index (κ2) is 16.3. The van der Waals surface area contributed by atoms with Crippen molar-refractivity contribution in [3.8, 4) is 22.1 Å². The van der Waals surface area contributed by atoms with Gasteiger partial charge in [-0.15, -0.1) is 16.8 Å². The second-order valence-corrected chi connectivity index (χ2v) is 9.73. The number of amides is 2. The fraction of sp³-hybridized carbons (Fsp3) is 0.346. The number of guanidine groups is 1. The number of aliphatic imine (C=N–C) groups is 1. The van der Waals surface area contributed by atoms with Crippen LogP contribution >= 0.6 is 11.3 Å². The summed E-state index contributed by atoms with van der Waals surface area (Å²) < 4.78 is 16.8. The Labute approximate surface area is 250 Å². The number of nitrogens with one attached hydrogen (secondary N) is 4. The molecule has 230 valence electrons. The molecule has 43 heavy (non-hydrogen) atoms. The monoisotopic (exact) mass is 616 g/mol. The molecule has 2 amide bonds. The number of aromatic nitrogens is 1. The Kier molecular flexibility index (Phi) is 12.3. The summed E-state index contributed by atoms with van der Waals surface area (Å²) in [4.78, 5) is 55.1. The lowest BCUT2D eigenvalue weighted by atomic mass is 10.1. The largest absolute Gasteiger partial charge is 0.493 e. The van der Waals surface area contributed by atoms with Gasteiger partial charge in [-0.1, -0.05) is 12.1 Å². The summed E-state index contributed by atoms with van der Waals surface area (Å²) in [6, 6.07) is 12.0. The number of nitrogens with two attached hydrogens (primary N) is 1. The quantitative estimate of drug-likeness (QED) is 0.0401. The van der Waals surface area contributed by atoms with Crippen molar-refractivity contribution in [2.45, 2.75) is 25.8 Å². The number of para-hydroxylation sites is 1. The van der Waals surface area contributed by atoms with Gasteiger partial charge in [-0.2, -0.15) is 0 Å². The van der Waals surface area contributed by atoms with Gasteiger partial charge in [0.1, 0.15) is 11.6 Å². The molecule has 0 aliphatic heterocycles. The molecule has 1 atom stereocenters. The predicted molar refractivity (Wildman–Crippen MR) is 158 cm³/mol. The molecule has 0 bridgehead atoms. The van der Waals surface area contributed by atoms with E-state index in [-0.39, 0.29) is 25.5 Å². The molecule has 3 rings (SSSR count). The lowest BCUT2D eigenvalue weighted by molar-refractivity contribution is -0.549. The van der Waals surface area contributed by atoms with Crippen molar-refractivity contribution in [1.29, 1.82) is 0 Å². The number of nitrogens with zero attached hydrogens (tertiary/aromatic N) is 3. The van der Waals surface area contributed by atoms with Crippen LogP contribution in [-0.4, -0.2) is 73.2 Å². The Morgan fingerprint density at radius 2 is 1.91 bits per heavy atom. The third-order valence-corrected chi connectivity index (χ3v) is 6.69. The minimum absolute atomic E-state index is 0.0684. The van der Waals surface area contributed by atoms with Gasteiger partial charge in [-0.25, -0.2) is 24.9 Å². The summed E-state index contributed by atoms with van der Waals surface area (Å²) in [5, 5.41) is 13.4. The lowest BCUT2D eigenvalue weighted by Gasteiger charge is -2.13. The summed E-state index contributed by atoms with van der Waals surface area (Å²) >= 11 is 1.55. The first-order valence-corrected chi connectivity index (χ1v) is 13.9. The van der Waals surface area contributed by atoms with Crippen molar-refractivity contribution in [2.24, 2.45) is 10.7 Å². The number of carbonyl (C=O) groups excluding carboxylic acids is 3. The Bertz CT molecular complexity index is 1430. The number of methoxy groups -OCH3 is 1. The van der Waals surface area contributed by atoms with Gasteiger partial charge < -0.3 is 25.3 Å². The van der Waals surface area contributed by atoms with Crippen molar-refractivity contribution in [3.05, 3.63) is 52.6 Å². The molecule has 0 fully saturated rings. The number of carbonyl (C=O) groups is 3. The van der Waals surface area contributed by atoms with E-state index < -0.39 is 42.0 Å². The second-order valence-electron chi connectivity index (χ2n) is 8.70. The topological polar surface area (TPSA) is 221 Å². The molecular weight excluding hydrogens is 584 g/mol. The summed E-state index contributed by atoms with van der Waals surface area (Å²) in [5.41, 5.74) is 13.8. The molecule has 2 aromatic carbocycles. The number of ether oxygens (including phenoxy) is 3. The molecule has 0 spiro atoms. The number of rotatable bonds is 15. The number of esters is 1. The molecular formula is C26H32N8O8S. The molecule has 6 N–H and O–H groups in total. The van der Waals surface area contributed by atoms with Crippen LogP contribution in [0.2, 0.25) is 0 Å². The number of fused-ring (bicyclic) bond motifs is 1. The number of hydrogen-bond acceptors (Lipinski definition) is 11. The summed E-state index contributed by atoms with van der Waals surface area (Å²) in [6.45, 7) is 1.12. The van der Waals surface area contributed by atoms with E-state index in [9.17, 15) is 24.5 Å². The van der Waals surface area contributed by atoms with Gasteiger partial charge in [0.05, 0.1) is 23.9 Å². The van der Waals surface area contributed by atoms with Crippen LogP contribution in [0.3, 0.4) is 0 Å². The Balaban J connectivity index is 1.38. The maximum absolute atomic E-state index is 12.2. The highest BCUT2D eigenvalue weighted by atomic mass is 32.1. The standard InChI is InChI=1S/C26H32N8O8S/c1-3-41-25(37)18(33-34(38)39)8-6-12-28-26(27)29-14-22(35)31-32-23(36)15-42-19-11-10-16(13-20(19)40-2)24-30-17-7-4-5-9-21(17)43-24/h4-5,7,9-11,13,18,33H,3,6,8,12,14-15H2,1-2H3,(H,31,35)(H,32,36)(H3,27,28,29)/t18-/m0/s1. The van der Waals surface area contributed by atoms with Gasteiger partial charge in [-0.3, -0.25) is 20.4 Å². The third-order valence-electron chi connectivity index (χ3n) is 5.61. The predicted octanol–water partition coefficient (Wildman–Crippen LogP) is 0.896. The molecule has 0 radical (unpaired) electrons.